The van der Waals surface area contributed by atoms with Crippen LogP contribution in [0.15, 0.2) is 54.6 Å². The molecule has 6 nitrogen and oxygen atoms in total. The average molecular weight is 362 g/mol. The second-order valence-electron chi connectivity index (χ2n) is 5.95. The van der Waals surface area contributed by atoms with Crippen LogP contribution in [0, 0.1) is 0 Å². The Kier molecular flexibility index (Phi) is 6.25. The lowest BCUT2D eigenvalue weighted by Crippen LogP contribution is -2.44. The number of para-hydroxylation sites is 1. The Hall–Kier alpha value is -2.73. The van der Waals surface area contributed by atoms with Crippen molar-refractivity contribution in [3.05, 3.63) is 59.6 Å². The molecule has 2 aromatic rings. The van der Waals surface area contributed by atoms with Crippen LogP contribution in [-0.2, 0) is 4.74 Å². The van der Waals surface area contributed by atoms with Gasteiger partial charge in [0.25, 0.3) is 0 Å². The monoisotopic (exact) mass is 361 g/mol. The minimum absolute atomic E-state index is 0.152. The number of hydrogen-bond donors (Lipinski definition) is 3. The maximum Gasteiger partial charge on any atom is 0.412 e. The van der Waals surface area contributed by atoms with Crippen molar-refractivity contribution in [2.45, 2.75) is 19.4 Å². The molecule has 3 N–H and O–H groups in total. The summed E-state index contributed by atoms with van der Waals surface area (Å²) in [6, 6.07) is 15.4. The highest BCUT2D eigenvalue weighted by Gasteiger charge is 2.24. The number of halogens is 1. The molecule has 0 aliphatic rings. The second-order valence-corrected chi connectivity index (χ2v) is 6.39. The number of carbonyl (C=O) groups is 2. The summed E-state index contributed by atoms with van der Waals surface area (Å²) in [6.45, 7) is 3.56. The molecule has 0 saturated heterocycles. The quantitative estimate of drug-likeness (QED) is 0.734. The summed E-state index contributed by atoms with van der Waals surface area (Å²) in [5, 5.41) is 8.55. The summed E-state index contributed by atoms with van der Waals surface area (Å²) in [7, 11) is 0. The van der Waals surface area contributed by atoms with E-state index in [2.05, 4.69) is 16.0 Å². The lowest BCUT2D eigenvalue weighted by molar-refractivity contribution is 0.0510. The van der Waals surface area contributed by atoms with Gasteiger partial charge in [-0.05, 0) is 50.2 Å². The van der Waals surface area contributed by atoms with Crippen LogP contribution in [0.3, 0.4) is 0 Å². The standard InChI is InChI=1S/C18H20ClN3O3/c1-18(2,12-20-16(23)21-14-6-4-3-5-7-14)25-17(24)22-15-10-8-13(19)9-11-15/h3-11H,12H2,1-2H3,(H,22,24)(H2,20,21,23). The normalized spacial score (nSPS) is 10.7. The maximum atomic E-state index is 12.0. The Labute approximate surface area is 151 Å². The van der Waals surface area contributed by atoms with Crippen LogP contribution >= 0.6 is 11.6 Å². The van der Waals surface area contributed by atoms with Gasteiger partial charge >= 0.3 is 12.1 Å². The van der Waals surface area contributed by atoms with Gasteiger partial charge in [-0.3, -0.25) is 5.32 Å². The zero-order chi connectivity index (χ0) is 18.3. The van der Waals surface area contributed by atoms with E-state index in [-0.39, 0.29) is 12.6 Å². The molecule has 0 radical (unpaired) electrons. The molecule has 3 amide bonds. The van der Waals surface area contributed by atoms with Gasteiger partial charge in [-0.15, -0.1) is 0 Å². The van der Waals surface area contributed by atoms with E-state index in [9.17, 15) is 9.59 Å². The van der Waals surface area contributed by atoms with E-state index >= 15 is 0 Å². The average Bonchev–Trinajstić information content (AvgIpc) is 2.56. The Morgan fingerprint density at radius 2 is 1.56 bits per heavy atom. The van der Waals surface area contributed by atoms with E-state index < -0.39 is 11.7 Å². The molecule has 2 aromatic carbocycles. The highest BCUT2D eigenvalue weighted by atomic mass is 35.5. The number of nitrogens with one attached hydrogen (secondary N) is 3. The summed E-state index contributed by atoms with van der Waals surface area (Å²) in [5.41, 5.74) is 0.365. The van der Waals surface area contributed by atoms with E-state index in [1.165, 1.54) is 0 Å². The van der Waals surface area contributed by atoms with Gasteiger partial charge in [0.15, 0.2) is 0 Å². The Morgan fingerprint density at radius 1 is 0.960 bits per heavy atom. The van der Waals surface area contributed by atoms with Gasteiger partial charge in [0.2, 0.25) is 0 Å². The van der Waals surface area contributed by atoms with E-state index in [0.29, 0.717) is 16.4 Å². The first-order valence-electron chi connectivity index (χ1n) is 7.69. The maximum absolute atomic E-state index is 12.0. The molecule has 0 heterocycles. The van der Waals surface area contributed by atoms with Gasteiger partial charge in [-0.1, -0.05) is 29.8 Å². The summed E-state index contributed by atoms with van der Waals surface area (Å²) in [4.78, 5) is 23.8. The summed E-state index contributed by atoms with van der Waals surface area (Å²) in [5.74, 6) is 0. The molecule has 132 valence electrons. The third-order valence-electron chi connectivity index (χ3n) is 3.17. The number of urea groups is 1. The summed E-state index contributed by atoms with van der Waals surface area (Å²) < 4.78 is 5.35. The van der Waals surface area contributed by atoms with Crippen LogP contribution in [0.5, 0.6) is 0 Å². The number of ether oxygens (including phenoxy) is 1. The van der Waals surface area contributed by atoms with Crippen molar-refractivity contribution in [2.75, 3.05) is 17.2 Å². The lowest BCUT2D eigenvalue weighted by Gasteiger charge is -2.25. The molecule has 0 saturated carbocycles. The van der Waals surface area contributed by atoms with E-state index in [0.717, 1.165) is 0 Å². The fourth-order valence-electron chi connectivity index (χ4n) is 1.95. The zero-order valence-corrected chi connectivity index (χ0v) is 14.8. The fraction of sp³-hybridized carbons (Fsp3) is 0.222. The van der Waals surface area contributed by atoms with Gasteiger partial charge in [0, 0.05) is 16.4 Å². The van der Waals surface area contributed by atoms with Gasteiger partial charge in [0.05, 0.1) is 6.54 Å². The minimum atomic E-state index is -0.884. The van der Waals surface area contributed by atoms with Crippen molar-refractivity contribution < 1.29 is 14.3 Å². The predicted octanol–water partition coefficient (Wildman–Crippen LogP) is 4.49. The molecule has 25 heavy (non-hydrogen) atoms. The van der Waals surface area contributed by atoms with E-state index in [4.69, 9.17) is 16.3 Å². The van der Waals surface area contributed by atoms with Gasteiger partial charge in [-0.25, -0.2) is 9.59 Å². The molecule has 7 heteroatoms. The molecule has 0 aliphatic heterocycles. The topological polar surface area (TPSA) is 79.5 Å². The van der Waals surface area contributed by atoms with Crippen LogP contribution in [0.2, 0.25) is 5.02 Å². The molecule has 0 aromatic heterocycles. The largest absolute Gasteiger partial charge is 0.441 e. The SMILES string of the molecule is CC(C)(CNC(=O)Nc1ccccc1)OC(=O)Nc1ccc(Cl)cc1. The molecule has 0 atom stereocenters. The molecule has 0 aliphatic carbocycles. The third kappa shape index (κ3) is 6.73. The van der Waals surface area contributed by atoms with Crippen molar-refractivity contribution >= 4 is 35.1 Å². The van der Waals surface area contributed by atoms with Crippen molar-refractivity contribution in [1.82, 2.24) is 5.32 Å². The molecule has 0 unspecified atom stereocenters. The van der Waals surface area contributed by atoms with Crippen molar-refractivity contribution in [2.24, 2.45) is 0 Å². The molecule has 2 rings (SSSR count). The molecule has 0 fully saturated rings. The highest BCUT2D eigenvalue weighted by molar-refractivity contribution is 6.30. The fourth-order valence-corrected chi connectivity index (χ4v) is 2.08. The lowest BCUT2D eigenvalue weighted by atomic mass is 10.1. The van der Waals surface area contributed by atoms with Crippen LogP contribution < -0.4 is 16.0 Å². The van der Waals surface area contributed by atoms with Crippen LogP contribution in [-0.4, -0.2) is 24.3 Å². The van der Waals surface area contributed by atoms with Crippen LogP contribution in [0.4, 0.5) is 21.0 Å². The Bertz CT molecular complexity index is 718. The Morgan fingerprint density at radius 3 is 2.20 bits per heavy atom. The van der Waals surface area contributed by atoms with Gasteiger partial charge in [0.1, 0.15) is 5.60 Å². The first kappa shape index (κ1) is 18.6. The number of anilines is 2. The minimum Gasteiger partial charge on any atom is -0.441 e. The number of hydrogen-bond acceptors (Lipinski definition) is 3. The first-order chi connectivity index (χ1) is 11.8. The smallest absolute Gasteiger partial charge is 0.412 e. The molecule has 0 bridgehead atoms. The Balaban J connectivity index is 1.79. The number of benzene rings is 2. The molecular formula is C18H20ClN3O3. The van der Waals surface area contributed by atoms with Gasteiger partial charge in [-0.2, -0.15) is 0 Å². The van der Waals surface area contributed by atoms with Crippen LogP contribution in [0.25, 0.3) is 0 Å². The number of rotatable bonds is 5. The number of amides is 3. The predicted molar refractivity (Wildman–Crippen MR) is 99.1 cm³/mol. The summed E-state index contributed by atoms with van der Waals surface area (Å²) >= 11 is 5.79. The number of carbonyl (C=O) groups excluding carboxylic acids is 2. The first-order valence-corrected chi connectivity index (χ1v) is 8.07. The summed E-state index contributed by atoms with van der Waals surface area (Å²) in [6.07, 6.45) is -0.613. The second kappa shape index (κ2) is 8.39. The molecular weight excluding hydrogens is 342 g/mol. The van der Waals surface area contributed by atoms with Crippen LogP contribution in [0.1, 0.15) is 13.8 Å². The third-order valence-corrected chi connectivity index (χ3v) is 3.42. The van der Waals surface area contributed by atoms with Crippen molar-refractivity contribution in [3.63, 3.8) is 0 Å². The highest BCUT2D eigenvalue weighted by Crippen LogP contribution is 2.15. The van der Waals surface area contributed by atoms with E-state index in [1.54, 1.807) is 50.2 Å². The van der Waals surface area contributed by atoms with Gasteiger partial charge < -0.3 is 15.4 Å². The molecule has 0 spiro atoms. The van der Waals surface area contributed by atoms with Crippen molar-refractivity contribution in [1.29, 1.82) is 0 Å². The van der Waals surface area contributed by atoms with E-state index in [1.807, 2.05) is 18.2 Å². The van der Waals surface area contributed by atoms with Crippen molar-refractivity contribution in [3.8, 4) is 0 Å². The zero-order valence-electron chi connectivity index (χ0n) is 14.0.